The average molecular weight is 246 g/mol. The molecule has 0 amide bonds. The molecule has 1 atom stereocenters. The molecule has 0 spiro atoms. The van der Waals surface area contributed by atoms with Crippen molar-refractivity contribution in [1.82, 2.24) is 5.32 Å². The number of nitrogens with zero attached hydrogens (tertiary/aromatic N) is 1. The zero-order chi connectivity index (χ0) is 12.6. The molecular weight excluding hydrogens is 224 g/mol. The monoisotopic (exact) mass is 246 g/mol. The van der Waals surface area contributed by atoms with Gasteiger partial charge >= 0.3 is 0 Å². The van der Waals surface area contributed by atoms with E-state index in [9.17, 15) is 0 Å². The Balaban J connectivity index is 1.67. The van der Waals surface area contributed by atoms with Crippen molar-refractivity contribution in [2.45, 2.75) is 31.8 Å². The highest BCUT2D eigenvalue weighted by Crippen LogP contribution is 2.27. The second-order valence-corrected chi connectivity index (χ2v) is 5.85. The zero-order valence-electron chi connectivity index (χ0n) is 11.3. The van der Waals surface area contributed by atoms with E-state index in [1.165, 1.54) is 23.2 Å². The van der Waals surface area contributed by atoms with Crippen LogP contribution in [0.5, 0.6) is 0 Å². The molecule has 0 radical (unpaired) electrons. The summed E-state index contributed by atoms with van der Waals surface area (Å²) in [7, 11) is 2.17. The van der Waals surface area contributed by atoms with Gasteiger partial charge in [-0.1, -0.05) is 12.1 Å². The fraction of sp³-hybridized carbons (Fsp3) is 0.600. The molecule has 1 aromatic carbocycles. The smallest absolute Gasteiger partial charge is 0.0646 e. The molecule has 0 aliphatic carbocycles. The Morgan fingerprint density at radius 3 is 3.11 bits per heavy atom. The first-order chi connectivity index (χ1) is 8.66. The number of hydrogen-bond donors (Lipinski definition) is 1. The molecule has 18 heavy (non-hydrogen) atoms. The minimum absolute atomic E-state index is 0.163. The second-order valence-electron chi connectivity index (χ2n) is 5.85. The van der Waals surface area contributed by atoms with Gasteiger partial charge in [0.25, 0.3) is 0 Å². The maximum absolute atomic E-state index is 5.47. The Labute approximate surface area is 109 Å². The van der Waals surface area contributed by atoms with Gasteiger partial charge in [-0.2, -0.15) is 0 Å². The second kappa shape index (κ2) is 4.56. The lowest BCUT2D eigenvalue weighted by molar-refractivity contribution is 0.171. The van der Waals surface area contributed by atoms with E-state index in [-0.39, 0.29) is 5.54 Å². The molecule has 0 aromatic heterocycles. The minimum atomic E-state index is 0.163. The molecule has 2 aliphatic heterocycles. The van der Waals surface area contributed by atoms with Crippen LogP contribution in [0.1, 0.15) is 24.5 Å². The predicted molar refractivity (Wildman–Crippen MR) is 74.1 cm³/mol. The molecule has 0 bridgehead atoms. The first-order valence-corrected chi connectivity index (χ1v) is 6.82. The topological polar surface area (TPSA) is 24.5 Å². The van der Waals surface area contributed by atoms with E-state index in [0.29, 0.717) is 0 Å². The third-order valence-corrected chi connectivity index (χ3v) is 4.21. The van der Waals surface area contributed by atoms with Gasteiger partial charge in [0.2, 0.25) is 0 Å². The molecule has 1 fully saturated rings. The van der Waals surface area contributed by atoms with Crippen LogP contribution in [0.25, 0.3) is 0 Å². The van der Waals surface area contributed by atoms with Gasteiger partial charge in [-0.05, 0) is 37.0 Å². The number of anilines is 1. The molecule has 3 heteroatoms. The van der Waals surface area contributed by atoms with Gasteiger partial charge in [0.1, 0.15) is 0 Å². The maximum Gasteiger partial charge on any atom is 0.0646 e. The molecule has 1 aromatic rings. The van der Waals surface area contributed by atoms with Crippen molar-refractivity contribution in [3.63, 3.8) is 0 Å². The Morgan fingerprint density at radius 1 is 1.44 bits per heavy atom. The van der Waals surface area contributed by atoms with Crippen LogP contribution in [0.3, 0.4) is 0 Å². The van der Waals surface area contributed by atoms with Crippen LogP contribution in [-0.2, 0) is 17.7 Å². The molecule has 2 aliphatic rings. The normalized spacial score (nSPS) is 26.7. The summed E-state index contributed by atoms with van der Waals surface area (Å²) in [4.78, 5) is 2.33. The summed E-state index contributed by atoms with van der Waals surface area (Å²) in [6.45, 7) is 6.06. The van der Waals surface area contributed by atoms with Gasteiger partial charge in [-0.15, -0.1) is 0 Å². The zero-order valence-corrected chi connectivity index (χ0v) is 11.3. The molecule has 2 heterocycles. The largest absolute Gasteiger partial charge is 0.379 e. The van der Waals surface area contributed by atoms with Gasteiger partial charge in [-0.25, -0.2) is 0 Å². The molecule has 1 saturated heterocycles. The maximum atomic E-state index is 5.47. The van der Waals surface area contributed by atoms with Crippen molar-refractivity contribution in [3.8, 4) is 0 Å². The highest BCUT2D eigenvalue weighted by atomic mass is 16.5. The van der Waals surface area contributed by atoms with Gasteiger partial charge in [0, 0.05) is 38.0 Å². The van der Waals surface area contributed by atoms with Crippen LogP contribution in [-0.4, -0.2) is 32.3 Å². The number of rotatable bonds is 3. The van der Waals surface area contributed by atoms with Crippen molar-refractivity contribution in [3.05, 3.63) is 29.3 Å². The first kappa shape index (κ1) is 12.0. The summed E-state index contributed by atoms with van der Waals surface area (Å²) in [5.74, 6) is 0. The number of benzene rings is 1. The van der Waals surface area contributed by atoms with Crippen LogP contribution in [0.4, 0.5) is 5.69 Å². The molecule has 1 N–H and O–H groups in total. The predicted octanol–water partition coefficient (Wildman–Crippen LogP) is 1.95. The Kier molecular flexibility index (Phi) is 3.04. The SMILES string of the molecule is CN1CCc2cc(CNC3(C)CCOC3)ccc21. The van der Waals surface area contributed by atoms with Crippen molar-refractivity contribution in [1.29, 1.82) is 0 Å². The van der Waals surface area contributed by atoms with Crippen LogP contribution >= 0.6 is 0 Å². The third kappa shape index (κ3) is 2.25. The number of ether oxygens (including phenoxy) is 1. The molecule has 0 saturated carbocycles. The lowest BCUT2D eigenvalue weighted by atomic mass is 10.0. The molecule has 3 nitrogen and oxygen atoms in total. The van der Waals surface area contributed by atoms with Crippen LogP contribution in [0, 0.1) is 0 Å². The summed E-state index contributed by atoms with van der Waals surface area (Å²) in [5, 5.41) is 3.64. The third-order valence-electron chi connectivity index (χ3n) is 4.21. The Bertz CT molecular complexity index is 438. The lowest BCUT2D eigenvalue weighted by Gasteiger charge is -2.24. The van der Waals surface area contributed by atoms with Gasteiger partial charge in [0.05, 0.1) is 6.61 Å². The van der Waals surface area contributed by atoms with E-state index in [1.54, 1.807) is 0 Å². The summed E-state index contributed by atoms with van der Waals surface area (Å²) in [6, 6.07) is 6.85. The first-order valence-electron chi connectivity index (χ1n) is 6.82. The van der Waals surface area contributed by atoms with E-state index < -0.39 is 0 Å². The number of hydrogen-bond acceptors (Lipinski definition) is 3. The summed E-state index contributed by atoms with van der Waals surface area (Å²) >= 11 is 0. The van der Waals surface area contributed by atoms with Crippen molar-refractivity contribution in [2.75, 3.05) is 31.7 Å². The average Bonchev–Trinajstić information content (AvgIpc) is 2.95. The van der Waals surface area contributed by atoms with Gasteiger partial charge < -0.3 is 15.0 Å². The van der Waals surface area contributed by atoms with Gasteiger partial charge in [-0.3, -0.25) is 0 Å². The number of nitrogens with one attached hydrogen (secondary N) is 1. The highest BCUT2D eigenvalue weighted by Gasteiger charge is 2.28. The Hall–Kier alpha value is -1.06. The highest BCUT2D eigenvalue weighted by molar-refractivity contribution is 5.58. The van der Waals surface area contributed by atoms with Crippen molar-refractivity contribution < 1.29 is 4.74 Å². The van der Waals surface area contributed by atoms with Crippen LogP contribution < -0.4 is 10.2 Å². The molecule has 98 valence electrons. The summed E-state index contributed by atoms with van der Waals surface area (Å²) in [6.07, 6.45) is 2.29. The molecular formula is C15H22N2O. The van der Waals surface area contributed by atoms with Crippen molar-refractivity contribution >= 4 is 5.69 Å². The fourth-order valence-corrected chi connectivity index (χ4v) is 2.85. The molecule has 1 unspecified atom stereocenters. The van der Waals surface area contributed by atoms with E-state index >= 15 is 0 Å². The van der Waals surface area contributed by atoms with Gasteiger partial charge in [0.15, 0.2) is 0 Å². The number of fused-ring (bicyclic) bond motifs is 1. The quantitative estimate of drug-likeness (QED) is 0.882. The standard InChI is InChI=1S/C15H22N2O/c1-15(6-8-18-11-15)16-10-12-3-4-14-13(9-12)5-7-17(14)2/h3-4,9,16H,5-8,10-11H2,1-2H3. The van der Waals surface area contributed by atoms with Crippen molar-refractivity contribution in [2.24, 2.45) is 0 Å². The fourth-order valence-electron chi connectivity index (χ4n) is 2.85. The summed E-state index contributed by atoms with van der Waals surface area (Å²) < 4.78 is 5.47. The number of likely N-dealkylation sites (N-methyl/N-ethyl adjacent to an activating group) is 1. The van der Waals surface area contributed by atoms with E-state index in [1.807, 2.05) is 0 Å². The van der Waals surface area contributed by atoms with E-state index in [2.05, 4.69) is 42.4 Å². The Morgan fingerprint density at radius 2 is 2.33 bits per heavy atom. The van der Waals surface area contributed by atoms with E-state index in [4.69, 9.17) is 4.74 Å². The molecule has 3 rings (SSSR count). The van der Waals surface area contributed by atoms with E-state index in [0.717, 1.165) is 32.7 Å². The summed E-state index contributed by atoms with van der Waals surface area (Å²) in [5.41, 5.74) is 4.44. The lowest BCUT2D eigenvalue weighted by Crippen LogP contribution is -2.42. The minimum Gasteiger partial charge on any atom is -0.379 e. The van der Waals surface area contributed by atoms with Crippen LogP contribution in [0.15, 0.2) is 18.2 Å². The van der Waals surface area contributed by atoms with Crippen LogP contribution in [0.2, 0.25) is 0 Å².